The van der Waals surface area contributed by atoms with E-state index >= 15 is 8.78 Å². The third-order valence-corrected chi connectivity index (χ3v) is 8.03. The Balaban J connectivity index is 2.17. The Morgan fingerprint density at radius 2 is 1.06 bits per heavy atom. The summed E-state index contributed by atoms with van der Waals surface area (Å²) < 4.78 is 31.3. The molecule has 0 aliphatic rings. The number of halogens is 2. The van der Waals surface area contributed by atoms with Crippen LogP contribution in [0.5, 0.6) is 0 Å². The Hall–Kier alpha value is -2.80. The van der Waals surface area contributed by atoms with Crippen molar-refractivity contribution < 1.29 is 8.78 Å². The van der Waals surface area contributed by atoms with Crippen molar-refractivity contribution in [3.63, 3.8) is 0 Å². The molecule has 2 nitrogen and oxygen atoms in total. The molecular weight excluding hydrogens is 466 g/mol. The van der Waals surface area contributed by atoms with Crippen molar-refractivity contribution in [2.45, 2.75) is 72.0 Å². The molecule has 0 unspecified atom stereocenters. The summed E-state index contributed by atoms with van der Waals surface area (Å²) >= 11 is 2.25. The summed E-state index contributed by atoms with van der Waals surface area (Å²) in [6.45, 7) is 4.21. The van der Waals surface area contributed by atoms with Gasteiger partial charge in [-0.15, -0.1) is 0 Å². The smallest absolute Gasteiger partial charge is 0.157 e. The molecule has 0 amide bonds. The van der Waals surface area contributed by atoms with E-state index in [0.717, 1.165) is 83.0 Å². The lowest BCUT2D eigenvalue weighted by Gasteiger charge is -2.17. The van der Waals surface area contributed by atoms with Gasteiger partial charge in [0.05, 0.1) is 9.79 Å². The molecule has 0 aromatic heterocycles. The number of hydrogen-bond donors (Lipinski definition) is 0. The number of hydrogen-bond acceptors (Lipinski definition) is 4. The highest BCUT2D eigenvalue weighted by atomic mass is 32.2. The molecule has 0 aliphatic heterocycles. The zero-order valence-corrected chi connectivity index (χ0v) is 21.0. The van der Waals surface area contributed by atoms with Gasteiger partial charge in [-0.3, -0.25) is 0 Å². The van der Waals surface area contributed by atoms with Crippen molar-refractivity contribution in [3.8, 4) is 12.1 Å². The average molecular weight is 493 g/mol. The first kappa shape index (κ1) is 25.8. The molecule has 0 radical (unpaired) electrons. The van der Waals surface area contributed by atoms with E-state index in [-0.39, 0.29) is 9.79 Å². The maximum Gasteiger partial charge on any atom is 0.157 e. The van der Waals surface area contributed by atoms with Crippen LogP contribution in [-0.2, 0) is 12.8 Å². The van der Waals surface area contributed by atoms with Crippen LogP contribution >= 0.6 is 23.5 Å². The van der Waals surface area contributed by atoms with Gasteiger partial charge in [-0.1, -0.05) is 86.6 Å². The van der Waals surface area contributed by atoms with Gasteiger partial charge >= 0.3 is 0 Å². The molecule has 0 saturated carbocycles. The van der Waals surface area contributed by atoms with E-state index in [9.17, 15) is 10.5 Å². The maximum atomic E-state index is 15.7. The number of benzene rings is 3. The van der Waals surface area contributed by atoms with Crippen LogP contribution in [0.25, 0.3) is 0 Å². The zero-order chi connectivity index (χ0) is 24.5. The van der Waals surface area contributed by atoms with E-state index in [4.69, 9.17) is 0 Å². The van der Waals surface area contributed by atoms with Gasteiger partial charge in [-0.05, 0) is 48.9 Å². The molecule has 6 heteroatoms. The second-order valence-electron chi connectivity index (χ2n) is 7.89. The SMILES string of the molecule is CCCCc1ccccc1Sc1c(F)c(C#N)c(C#N)c(F)c1Sc1ccccc1CCCC. The molecule has 3 rings (SSSR count). The fourth-order valence-electron chi connectivity index (χ4n) is 3.61. The molecule has 3 aromatic rings. The second-order valence-corrected chi connectivity index (χ2v) is 9.99. The molecule has 0 atom stereocenters. The van der Waals surface area contributed by atoms with Gasteiger partial charge in [0, 0.05) is 9.79 Å². The summed E-state index contributed by atoms with van der Waals surface area (Å²) in [5.74, 6) is -1.69. The van der Waals surface area contributed by atoms with Crippen LogP contribution in [0.1, 0.15) is 61.8 Å². The van der Waals surface area contributed by atoms with Crippen LogP contribution in [0.4, 0.5) is 8.78 Å². The Kier molecular flexibility index (Phi) is 9.57. The monoisotopic (exact) mass is 492 g/mol. The lowest BCUT2D eigenvalue weighted by Crippen LogP contribution is -2.02. The lowest BCUT2D eigenvalue weighted by molar-refractivity contribution is 0.544. The summed E-state index contributed by atoms with van der Waals surface area (Å²) in [6.07, 6.45) is 5.66. The van der Waals surface area contributed by atoms with E-state index < -0.39 is 22.8 Å². The Bertz CT molecular complexity index is 1150. The summed E-state index contributed by atoms with van der Waals surface area (Å²) in [5.41, 5.74) is 1.02. The van der Waals surface area contributed by atoms with E-state index in [0.29, 0.717) is 0 Å². The first-order valence-electron chi connectivity index (χ1n) is 11.4. The summed E-state index contributed by atoms with van der Waals surface area (Å²) in [5, 5.41) is 19.0. The van der Waals surface area contributed by atoms with Crippen LogP contribution in [0.2, 0.25) is 0 Å². The fourth-order valence-corrected chi connectivity index (χ4v) is 5.95. The summed E-state index contributed by atoms with van der Waals surface area (Å²) in [7, 11) is 0. The Morgan fingerprint density at radius 3 is 1.41 bits per heavy atom. The first-order valence-corrected chi connectivity index (χ1v) is 13.1. The third-order valence-electron chi connectivity index (χ3n) is 5.49. The van der Waals surface area contributed by atoms with Crippen molar-refractivity contribution in [2.24, 2.45) is 0 Å². The lowest BCUT2D eigenvalue weighted by atomic mass is 10.1. The highest BCUT2D eigenvalue weighted by Gasteiger charge is 2.27. The molecule has 0 aliphatic carbocycles. The molecule has 0 saturated heterocycles. The summed E-state index contributed by atoms with van der Waals surface area (Å²) in [4.78, 5) is 1.74. The number of nitrogens with zero attached hydrogens (tertiary/aromatic N) is 2. The molecular formula is C28H26F2N2S2. The molecule has 0 fully saturated rings. The minimum Gasteiger partial charge on any atom is -0.204 e. The standard InChI is InChI=1S/C28H26F2N2S2/c1-3-5-11-19-13-7-9-15-23(19)33-27-25(29)21(17-31)22(18-32)26(30)28(27)34-24-16-10-8-14-20(24)12-6-4-2/h7-10,13-16H,3-6,11-12H2,1-2H3. The molecule has 0 bridgehead atoms. The van der Waals surface area contributed by atoms with Crippen LogP contribution in [0.3, 0.4) is 0 Å². The third kappa shape index (κ3) is 5.81. The van der Waals surface area contributed by atoms with E-state index in [1.807, 2.05) is 48.5 Å². The molecule has 0 spiro atoms. The number of nitriles is 2. The topological polar surface area (TPSA) is 47.6 Å². The minimum atomic E-state index is -0.843. The van der Waals surface area contributed by atoms with Crippen LogP contribution in [0, 0.1) is 34.3 Å². The van der Waals surface area contributed by atoms with Crippen LogP contribution in [0.15, 0.2) is 68.1 Å². The average Bonchev–Trinajstić information content (AvgIpc) is 2.86. The van der Waals surface area contributed by atoms with Crippen molar-refractivity contribution >= 4 is 23.5 Å². The Morgan fingerprint density at radius 1 is 0.676 bits per heavy atom. The highest BCUT2D eigenvalue weighted by Crippen LogP contribution is 2.45. The summed E-state index contributed by atoms with van der Waals surface area (Å²) in [6, 6.07) is 18.8. The normalized spacial score (nSPS) is 10.6. The first-order chi connectivity index (χ1) is 16.5. The van der Waals surface area contributed by atoms with Gasteiger partial charge in [0.25, 0.3) is 0 Å². The molecule has 174 valence electrons. The van der Waals surface area contributed by atoms with Crippen LogP contribution < -0.4 is 0 Å². The van der Waals surface area contributed by atoms with Gasteiger partial charge < -0.3 is 0 Å². The van der Waals surface area contributed by atoms with Crippen molar-refractivity contribution in [1.82, 2.24) is 0 Å². The predicted molar refractivity (Wildman–Crippen MR) is 134 cm³/mol. The predicted octanol–water partition coefficient (Wildman–Crippen LogP) is 8.70. The largest absolute Gasteiger partial charge is 0.204 e. The van der Waals surface area contributed by atoms with E-state index in [1.165, 1.54) is 0 Å². The quantitative estimate of drug-likeness (QED) is 0.284. The van der Waals surface area contributed by atoms with Gasteiger partial charge in [-0.25, -0.2) is 8.78 Å². The van der Waals surface area contributed by atoms with Crippen molar-refractivity contribution in [3.05, 3.63) is 82.4 Å². The van der Waals surface area contributed by atoms with Crippen molar-refractivity contribution in [2.75, 3.05) is 0 Å². The maximum absolute atomic E-state index is 15.7. The molecule has 34 heavy (non-hydrogen) atoms. The number of rotatable bonds is 10. The van der Waals surface area contributed by atoms with Gasteiger partial charge in [-0.2, -0.15) is 10.5 Å². The van der Waals surface area contributed by atoms with Gasteiger partial charge in [0.1, 0.15) is 23.3 Å². The zero-order valence-electron chi connectivity index (χ0n) is 19.3. The second kappa shape index (κ2) is 12.6. The van der Waals surface area contributed by atoms with Crippen LogP contribution in [-0.4, -0.2) is 0 Å². The highest BCUT2D eigenvalue weighted by molar-refractivity contribution is 8.02. The van der Waals surface area contributed by atoms with Gasteiger partial charge in [0.2, 0.25) is 0 Å². The molecule has 3 aromatic carbocycles. The van der Waals surface area contributed by atoms with E-state index in [2.05, 4.69) is 13.8 Å². The number of unbranched alkanes of at least 4 members (excludes halogenated alkanes) is 2. The van der Waals surface area contributed by atoms with Crippen molar-refractivity contribution in [1.29, 1.82) is 10.5 Å². The van der Waals surface area contributed by atoms with E-state index in [1.54, 1.807) is 12.1 Å². The number of aryl methyl sites for hydroxylation is 2. The Labute approximate surface area is 209 Å². The molecule has 0 heterocycles. The van der Waals surface area contributed by atoms with Gasteiger partial charge in [0.15, 0.2) is 11.6 Å². The fraction of sp³-hybridized carbons (Fsp3) is 0.286. The molecule has 0 N–H and O–H groups in total. The minimum absolute atomic E-state index is 0.0484.